The van der Waals surface area contributed by atoms with Crippen molar-refractivity contribution in [2.24, 2.45) is 0 Å². The highest BCUT2D eigenvalue weighted by atomic mass is 16.5. The molecule has 2 N–H and O–H groups in total. The first-order valence-corrected chi connectivity index (χ1v) is 10.4. The molecule has 1 heterocycles. The molecule has 3 rings (SSSR count). The molecule has 28 heavy (non-hydrogen) atoms. The van der Waals surface area contributed by atoms with E-state index in [0.717, 1.165) is 31.2 Å². The average molecular weight is 388 g/mol. The molecule has 2 fully saturated rings. The van der Waals surface area contributed by atoms with Crippen LogP contribution >= 0.6 is 0 Å². The maximum atomic E-state index is 12.8. The van der Waals surface area contributed by atoms with Crippen LogP contribution in [-0.4, -0.2) is 47.1 Å². The van der Waals surface area contributed by atoms with E-state index in [4.69, 9.17) is 4.74 Å². The minimum Gasteiger partial charge on any atom is -0.445 e. The number of nitrogens with one attached hydrogen (secondary N) is 2. The van der Waals surface area contributed by atoms with Gasteiger partial charge in [0.25, 0.3) is 0 Å². The molecule has 1 aromatic carbocycles. The molecule has 0 radical (unpaired) electrons. The normalized spacial score (nSPS) is 25.6. The van der Waals surface area contributed by atoms with Crippen LogP contribution in [0.4, 0.5) is 4.79 Å². The van der Waals surface area contributed by atoms with Gasteiger partial charge in [0, 0.05) is 24.2 Å². The molecule has 0 aromatic heterocycles. The monoisotopic (exact) mass is 387 g/mol. The number of hydrogen-bond donors (Lipinski definition) is 2. The number of likely N-dealkylation sites (tertiary alicyclic amines) is 1. The van der Waals surface area contributed by atoms with Gasteiger partial charge < -0.3 is 20.3 Å². The number of hydrogen-bond acceptors (Lipinski definition) is 4. The third kappa shape index (κ3) is 5.71. The Bertz CT molecular complexity index is 663. The fraction of sp³-hybridized carbons (Fsp3) is 0.636. The Kier molecular flexibility index (Phi) is 6.60. The van der Waals surface area contributed by atoms with Crippen molar-refractivity contribution in [1.29, 1.82) is 0 Å². The molecule has 6 heteroatoms. The van der Waals surface area contributed by atoms with Crippen LogP contribution in [0, 0.1) is 0 Å². The lowest BCUT2D eigenvalue weighted by atomic mass is 9.89. The minimum atomic E-state index is -0.526. The molecule has 1 unspecified atom stereocenters. The van der Waals surface area contributed by atoms with Crippen molar-refractivity contribution in [3.05, 3.63) is 35.9 Å². The molecular weight excluding hydrogens is 354 g/mol. The number of ether oxygens (including phenoxy) is 1. The van der Waals surface area contributed by atoms with Gasteiger partial charge in [-0.3, -0.25) is 4.79 Å². The van der Waals surface area contributed by atoms with E-state index in [1.165, 1.54) is 0 Å². The summed E-state index contributed by atoms with van der Waals surface area (Å²) in [5, 5.41) is 6.41. The Labute approximate surface area is 168 Å². The summed E-state index contributed by atoms with van der Waals surface area (Å²) < 4.78 is 5.25. The van der Waals surface area contributed by atoms with Crippen LogP contribution in [0.2, 0.25) is 0 Å². The molecule has 2 aliphatic rings. The third-order valence-corrected chi connectivity index (χ3v) is 5.52. The standard InChI is InChI=1S/C22H33N3O3/c1-22(2,3)24-17-9-11-18(12-10-17)25-14-13-19(20(25)26)23-21(27)28-15-16-7-5-4-6-8-16/h4-8,17-19,24H,9-15H2,1-3H3,(H,23,27)/t17-,18+,19?. The number of carbonyl (C=O) groups excluding carboxylic acids is 2. The van der Waals surface area contributed by atoms with E-state index in [2.05, 4.69) is 31.4 Å². The molecule has 1 aliphatic heterocycles. The van der Waals surface area contributed by atoms with Crippen LogP contribution in [0.25, 0.3) is 0 Å². The Hall–Kier alpha value is -2.08. The van der Waals surface area contributed by atoms with E-state index in [9.17, 15) is 9.59 Å². The van der Waals surface area contributed by atoms with Crippen molar-refractivity contribution in [3.63, 3.8) is 0 Å². The number of alkyl carbamates (subject to hydrolysis) is 1. The zero-order valence-corrected chi connectivity index (χ0v) is 17.2. The Morgan fingerprint density at radius 2 is 1.79 bits per heavy atom. The number of nitrogens with zero attached hydrogens (tertiary/aromatic N) is 1. The number of carbonyl (C=O) groups is 2. The van der Waals surface area contributed by atoms with Gasteiger partial charge in [0.2, 0.25) is 5.91 Å². The second-order valence-corrected chi connectivity index (χ2v) is 8.98. The lowest BCUT2D eigenvalue weighted by Crippen LogP contribution is -2.49. The smallest absolute Gasteiger partial charge is 0.408 e. The quantitative estimate of drug-likeness (QED) is 0.814. The number of amides is 2. The van der Waals surface area contributed by atoms with E-state index in [-0.39, 0.29) is 24.1 Å². The summed E-state index contributed by atoms with van der Waals surface area (Å²) in [5.41, 5.74) is 1.05. The minimum absolute atomic E-state index is 0.0314. The molecule has 1 aliphatic carbocycles. The molecule has 2 amide bonds. The van der Waals surface area contributed by atoms with Crippen LogP contribution in [0.1, 0.15) is 58.4 Å². The van der Waals surface area contributed by atoms with E-state index in [1.54, 1.807) is 0 Å². The topological polar surface area (TPSA) is 70.7 Å². The summed E-state index contributed by atoms with van der Waals surface area (Å²) in [7, 11) is 0. The summed E-state index contributed by atoms with van der Waals surface area (Å²) in [6.07, 6.45) is 4.34. The van der Waals surface area contributed by atoms with Gasteiger partial charge >= 0.3 is 6.09 Å². The van der Waals surface area contributed by atoms with Crippen LogP contribution in [0.15, 0.2) is 30.3 Å². The van der Waals surface area contributed by atoms with Gasteiger partial charge in [0.05, 0.1) is 0 Å². The Morgan fingerprint density at radius 1 is 1.11 bits per heavy atom. The van der Waals surface area contributed by atoms with Gasteiger partial charge in [-0.05, 0) is 58.4 Å². The molecule has 0 bridgehead atoms. The predicted octanol–water partition coefficient (Wildman–Crippen LogP) is 3.21. The first-order valence-electron chi connectivity index (χ1n) is 10.4. The second kappa shape index (κ2) is 8.95. The first-order chi connectivity index (χ1) is 13.3. The van der Waals surface area contributed by atoms with E-state index >= 15 is 0 Å². The zero-order valence-electron chi connectivity index (χ0n) is 17.2. The summed E-state index contributed by atoms with van der Waals surface area (Å²) >= 11 is 0. The fourth-order valence-electron chi connectivity index (χ4n) is 4.25. The first kappa shape index (κ1) is 20.6. The lowest BCUT2D eigenvalue weighted by Gasteiger charge is -2.37. The number of rotatable bonds is 5. The van der Waals surface area contributed by atoms with Crippen molar-refractivity contribution in [2.75, 3.05) is 6.54 Å². The van der Waals surface area contributed by atoms with Crippen molar-refractivity contribution >= 4 is 12.0 Å². The molecule has 1 aromatic rings. The van der Waals surface area contributed by atoms with Crippen LogP contribution in [0.3, 0.4) is 0 Å². The summed E-state index contributed by atoms with van der Waals surface area (Å²) in [6.45, 7) is 7.50. The van der Waals surface area contributed by atoms with Gasteiger partial charge in [0.1, 0.15) is 12.6 Å². The van der Waals surface area contributed by atoms with Crippen molar-refractivity contribution in [3.8, 4) is 0 Å². The molecule has 6 nitrogen and oxygen atoms in total. The average Bonchev–Trinajstić information content (AvgIpc) is 3.01. The van der Waals surface area contributed by atoms with Crippen LogP contribution in [-0.2, 0) is 16.1 Å². The lowest BCUT2D eigenvalue weighted by molar-refractivity contribution is -0.132. The molecule has 1 saturated carbocycles. The molecule has 154 valence electrons. The van der Waals surface area contributed by atoms with Gasteiger partial charge in [-0.25, -0.2) is 4.79 Å². The second-order valence-electron chi connectivity index (χ2n) is 8.98. The third-order valence-electron chi connectivity index (χ3n) is 5.52. The highest BCUT2D eigenvalue weighted by molar-refractivity contribution is 5.87. The van der Waals surface area contributed by atoms with Crippen LogP contribution in [0.5, 0.6) is 0 Å². The highest BCUT2D eigenvalue weighted by Crippen LogP contribution is 2.28. The van der Waals surface area contributed by atoms with Gasteiger partial charge in [-0.1, -0.05) is 30.3 Å². The molecule has 1 saturated heterocycles. The summed E-state index contributed by atoms with van der Waals surface area (Å²) in [4.78, 5) is 26.8. The maximum absolute atomic E-state index is 12.8. The highest BCUT2D eigenvalue weighted by Gasteiger charge is 2.38. The summed E-state index contributed by atoms with van der Waals surface area (Å²) in [6, 6.07) is 9.88. The maximum Gasteiger partial charge on any atom is 0.408 e. The molecule has 1 atom stereocenters. The Balaban J connectivity index is 1.43. The predicted molar refractivity (Wildman–Crippen MR) is 109 cm³/mol. The fourth-order valence-corrected chi connectivity index (χ4v) is 4.25. The van der Waals surface area contributed by atoms with Gasteiger partial charge in [-0.2, -0.15) is 0 Å². The number of benzene rings is 1. The van der Waals surface area contributed by atoms with E-state index in [1.807, 2.05) is 35.2 Å². The Morgan fingerprint density at radius 3 is 2.43 bits per heavy atom. The molecular formula is C22H33N3O3. The van der Waals surface area contributed by atoms with E-state index in [0.29, 0.717) is 19.0 Å². The SMILES string of the molecule is CC(C)(C)N[C@H]1CC[C@@H](N2CCC(NC(=O)OCc3ccccc3)C2=O)CC1. The van der Waals surface area contributed by atoms with Crippen molar-refractivity contribution < 1.29 is 14.3 Å². The largest absolute Gasteiger partial charge is 0.445 e. The molecule has 0 spiro atoms. The summed E-state index contributed by atoms with van der Waals surface area (Å²) in [5.74, 6) is 0.0314. The van der Waals surface area contributed by atoms with Gasteiger partial charge in [-0.15, -0.1) is 0 Å². The van der Waals surface area contributed by atoms with Crippen molar-refractivity contribution in [2.45, 2.75) is 83.1 Å². The zero-order chi connectivity index (χ0) is 20.1. The van der Waals surface area contributed by atoms with Gasteiger partial charge in [0.15, 0.2) is 0 Å². The van der Waals surface area contributed by atoms with Crippen LogP contribution < -0.4 is 10.6 Å². The van der Waals surface area contributed by atoms with E-state index < -0.39 is 12.1 Å². The van der Waals surface area contributed by atoms with Crippen molar-refractivity contribution in [1.82, 2.24) is 15.5 Å².